The van der Waals surface area contributed by atoms with Crippen LogP contribution in [0.2, 0.25) is 0 Å². The molecule has 0 unspecified atom stereocenters. The van der Waals surface area contributed by atoms with E-state index in [1.54, 1.807) is 27.7 Å². The van der Waals surface area contributed by atoms with Crippen LogP contribution in [0, 0.1) is 0 Å². The fourth-order valence-corrected chi connectivity index (χ4v) is 0.569. The highest BCUT2D eigenvalue weighted by atomic mass is 16.6. The molecule has 0 spiro atoms. The van der Waals surface area contributed by atoms with E-state index in [1.807, 2.05) is 0 Å². The number of carbonyl (C=O) groups excluding carboxylic acids is 4. The van der Waals surface area contributed by atoms with Crippen molar-refractivity contribution in [2.75, 3.05) is 26.4 Å². The van der Waals surface area contributed by atoms with Crippen LogP contribution in [0.4, 0.5) is 19.2 Å². The minimum atomic E-state index is -0.981. The SMILES string of the molecule is C=CC(=O)O.CCOC(N)=O.CCOC(N)=O.CCOC(N)=O.CCOC(N)=O. The zero-order valence-corrected chi connectivity index (χ0v) is 17.0. The van der Waals surface area contributed by atoms with Gasteiger partial charge in [-0.25, -0.2) is 24.0 Å². The van der Waals surface area contributed by atoms with Crippen molar-refractivity contribution in [2.24, 2.45) is 22.9 Å². The third-order valence-corrected chi connectivity index (χ3v) is 1.32. The van der Waals surface area contributed by atoms with Gasteiger partial charge < -0.3 is 47.0 Å². The van der Waals surface area contributed by atoms with Crippen molar-refractivity contribution >= 4 is 30.3 Å². The van der Waals surface area contributed by atoms with Crippen LogP contribution in [0.25, 0.3) is 0 Å². The molecular weight excluding hydrogens is 396 g/mol. The highest BCUT2D eigenvalue weighted by Crippen LogP contribution is 1.67. The van der Waals surface area contributed by atoms with Gasteiger partial charge in [0.1, 0.15) is 0 Å². The number of carbonyl (C=O) groups is 5. The molecular formula is C15H32N4O10. The Morgan fingerprint density at radius 1 is 0.655 bits per heavy atom. The van der Waals surface area contributed by atoms with Crippen LogP contribution in [0.5, 0.6) is 0 Å². The summed E-state index contributed by atoms with van der Waals surface area (Å²) in [7, 11) is 0. The predicted molar refractivity (Wildman–Crippen MR) is 103 cm³/mol. The predicted octanol–water partition coefficient (Wildman–Crippen LogP) is 0.663. The fourth-order valence-electron chi connectivity index (χ4n) is 0.569. The molecule has 0 atom stereocenters. The molecule has 0 aromatic carbocycles. The summed E-state index contributed by atoms with van der Waals surface area (Å²) in [6, 6.07) is 0. The quantitative estimate of drug-likeness (QED) is 0.302. The number of carboxylic acids is 1. The molecule has 0 heterocycles. The van der Waals surface area contributed by atoms with Gasteiger partial charge in [-0.2, -0.15) is 0 Å². The number of aliphatic carboxylic acids is 1. The summed E-state index contributed by atoms with van der Waals surface area (Å²) in [6.45, 7) is 11.2. The first-order valence-corrected chi connectivity index (χ1v) is 7.90. The Labute approximate surface area is 169 Å². The number of hydrogen-bond acceptors (Lipinski definition) is 9. The molecule has 0 aliphatic rings. The molecule has 0 saturated carbocycles. The minimum absolute atomic E-state index is 0.356. The molecule has 0 rings (SSSR count). The maximum absolute atomic E-state index is 9.60. The monoisotopic (exact) mass is 428 g/mol. The standard InChI is InChI=1S/4C3H7NO2.C3H4O2/c4*1-2-6-3(4)5;1-2-3(4)5/h4*2H2,1H3,(H2,4,5);2H,1H2,(H,4,5). The largest absolute Gasteiger partial charge is 0.478 e. The zero-order chi connectivity index (χ0) is 24.3. The van der Waals surface area contributed by atoms with E-state index in [1.165, 1.54) is 0 Å². The second-order valence-electron chi connectivity index (χ2n) is 3.55. The highest BCUT2D eigenvalue weighted by Gasteiger charge is 1.84. The molecule has 0 aliphatic carbocycles. The van der Waals surface area contributed by atoms with E-state index in [0.717, 1.165) is 6.08 Å². The van der Waals surface area contributed by atoms with Crippen LogP contribution in [0.3, 0.4) is 0 Å². The maximum Gasteiger partial charge on any atom is 0.404 e. The second-order valence-corrected chi connectivity index (χ2v) is 3.55. The van der Waals surface area contributed by atoms with E-state index >= 15 is 0 Å². The first-order valence-electron chi connectivity index (χ1n) is 7.90. The number of amides is 4. The van der Waals surface area contributed by atoms with Gasteiger partial charge in [-0.05, 0) is 27.7 Å². The summed E-state index contributed by atoms with van der Waals surface area (Å²) in [5, 5.41) is 7.60. The van der Waals surface area contributed by atoms with Gasteiger partial charge in [-0.15, -0.1) is 0 Å². The topological polar surface area (TPSA) is 247 Å². The number of ether oxygens (including phenoxy) is 4. The van der Waals surface area contributed by atoms with Crippen molar-refractivity contribution in [3.05, 3.63) is 12.7 Å². The van der Waals surface area contributed by atoms with Crippen molar-refractivity contribution in [1.82, 2.24) is 0 Å². The van der Waals surface area contributed by atoms with Crippen molar-refractivity contribution < 1.29 is 48.0 Å². The Balaban J connectivity index is -0.0000000829. The average molecular weight is 428 g/mol. The molecule has 0 fully saturated rings. The third-order valence-electron chi connectivity index (χ3n) is 1.32. The summed E-state index contributed by atoms with van der Waals surface area (Å²) in [4.78, 5) is 47.6. The van der Waals surface area contributed by atoms with Crippen LogP contribution in [-0.4, -0.2) is 61.9 Å². The van der Waals surface area contributed by atoms with E-state index in [0.29, 0.717) is 26.4 Å². The Kier molecular flexibility index (Phi) is 40.0. The third kappa shape index (κ3) is 114. The Morgan fingerprint density at radius 2 is 0.793 bits per heavy atom. The molecule has 0 saturated heterocycles. The Bertz CT molecular complexity index is 394. The van der Waals surface area contributed by atoms with Crippen LogP contribution < -0.4 is 22.9 Å². The number of hydrogen-bond donors (Lipinski definition) is 5. The molecule has 0 aliphatic heterocycles. The van der Waals surface area contributed by atoms with Crippen LogP contribution >= 0.6 is 0 Å². The van der Waals surface area contributed by atoms with Gasteiger partial charge in [0.15, 0.2) is 0 Å². The summed E-state index contributed by atoms with van der Waals surface area (Å²) in [5.41, 5.74) is 18.2. The number of carboxylic acid groups (broad SMARTS) is 1. The van der Waals surface area contributed by atoms with E-state index < -0.39 is 30.3 Å². The van der Waals surface area contributed by atoms with Gasteiger partial charge >= 0.3 is 30.3 Å². The lowest BCUT2D eigenvalue weighted by Gasteiger charge is -1.89. The molecule has 0 aromatic heterocycles. The smallest absolute Gasteiger partial charge is 0.404 e. The van der Waals surface area contributed by atoms with Crippen molar-refractivity contribution in [1.29, 1.82) is 0 Å². The number of rotatable bonds is 5. The molecule has 4 amide bonds. The highest BCUT2D eigenvalue weighted by molar-refractivity contribution is 5.78. The lowest BCUT2D eigenvalue weighted by atomic mass is 10.7. The van der Waals surface area contributed by atoms with Crippen molar-refractivity contribution in [3.63, 3.8) is 0 Å². The zero-order valence-electron chi connectivity index (χ0n) is 17.0. The minimum Gasteiger partial charge on any atom is -0.478 e. The maximum atomic E-state index is 9.60. The lowest BCUT2D eigenvalue weighted by Crippen LogP contribution is -2.11. The van der Waals surface area contributed by atoms with Gasteiger partial charge in [0.2, 0.25) is 0 Å². The van der Waals surface area contributed by atoms with Gasteiger partial charge in [0, 0.05) is 6.08 Å². The molecule has 172 valence electrons. The Morgan fingerprint density at radius 3 is 0.793 bits per heavy atom. The first kappa shape index (κ1) is 36.2. The molecule has 0 radical (unpaired) electrons. The molecule has 0 bridgehead atoms. The first-order chi connectivity index (χ1) is 13.4. The van der Waals surface area contributed by atoms with Gasteiger partial charge in [-0.1, -0.05) is 6.58 Å². The van der Waals surface area contributed by atoms with Gasteiger partial charge in [-0.3, -0.25) is 0 Å². The van der Waals surface area contributed by atoms with Crippen molar-refractivity contribution in [3.8, 4) is 0 Å². The van der Waals surface area contributed by atoms with Crippen LogP contribution in [-0.2, 0) is 23.7 Å². The van der Waals surface area contributed by atoms with E-state index in [9.17, 15) is 24.0 Å². The van der Waals surface area contributed by atoms with Gasteiger partial charge in [0.25, 0.3) is 0 Å². The summed E-state index contributed by atoms with van der Waals surface area (Å²) >= 11 is 0. The van der Waals surface area contributed by atoms with Crippen molar-refractivity contribution in [2.45, 2.75) is 27.7 Å². The summed E-state index contributed by atoms with van der Waals surface area (Å²) in [6.07, 6.45) is -2.01. The summed E-state index contributed by atoms with van der Waals surface area (Å²) < 4.78 is 16.7. The normalized spacial score (nSPS) is 7.31. The van der Waals surface area contributed by atoms with E-state index in [2.05, 4.69) is 48.5 Å². The molecule has 14 heteroatoms. The van der Waals surface area contributed by atoms with E-state index in [4.69, 9.17) is 5.11 Å². The molecule has 29 heavy (non-hydrogen) atoms. The second kappa shape index (κ2) is 32.0. The fraction of sp³-hybridized carbons (Fsp3) is 0.533. The Hall–Kier alpha value is -3.71. The number of primary amides is 4. The van der Waals surface area contributed by atoms with Gasteiger partial charge in [0.05, 0.1) is 26.4 Å². The van der Waals surface area contributed by atoms with Crippen LogP contribution in [0.1, 0.15) is 27.7 Å². The number of nitrogens with two attached hydrogens (primary N) is 4. The van der Waals surface area contributed by atoms with E-state index in [-0.39, 0.29) is 0 Å². The lowest BCUT2D eigenvalue weighted by molar-refractivity contribution is -0.131. The summed E-state index contributed by atoms with van der Waals surface area (Å²) in [5.74, 6) is -0.981. The average Bonchev–Trinajstić information content (AvgIpc) is 2.56. The molecule has 9 N–H and O–H groups in total. The molecule has 14 nitrogen and oxygen atoms in total. The van der Waals surface area contributed by atoms with Crippen LogP contribution in [0.15, 0.2) is 12.7 Å². The molecule has 0 aromatic rings.